The minimum absolute atomic E-state index is 0.222. The third-order valence-electron chi connectivity index (χ3n) is 3.01. The highest BCUT2D eigenvalue weighted by molar-refractivity contribution is 4.68. The summed E-state index contributed by atoms with van der Waals surface area (Å²) in [4.78, 5) is 0. The number of hydrogen-bond donors (Lipinski definition) is 2. The van der Waals surface area contributed by atoms with Crippen molar-refractivity contribution in [2.75, 3.05) is 6.54 Å². The van der Waals surface area contributed by atoms with Crippen LogP contribution in [0.1, 0.15) is 72.1 Å². The SMILES string of the molecule is CCCCCC(CCCCC)NC[C@@H](C)O. The standard InChI is InChI=1S/C14H31NO/c1-4-6-8-10-14(11-9-7-5-2)15-12-13(3)16/h13-16H,4-12H2,1-3H3/t13-/m1/s1. The molecular formula is C14H31NO. The summed E-state index contributed by atoms with van der Waals surface area (Å²) in [5, 5.41) is 12.8. The van der Waals surface area contributed by atoms with E-state index in [-0.39, 0.29) is 6.10 Å². The number of hydrogen-bond acceptors (Lipinski definition) is 2. The summed E-state index contributed by atoms with van der Waals surface area (Å²) in [5.74, 6) is 0. The lowest BCUT2D eigenvalue weighted by Crippen LogP contribution is -2.34. The van der Waals surface area contributed by atoms with Crippen molar-refractivity contribution >= 4 is 0 Å². The van der Waals surface area contributed by atoms with Crippen LogP contribution in [0.25, 0.3) is 0 Å². The smallest absolute Gasteiger partial charge is 0.0636 e. The Kier molecular flexibility index (Phi) is 11.3. The summed E-state index contributed by atoms with van der Waals surface area (Å²) in [6.45, 7) is 7.08. The molecule has 2 heteroatoms. The molecule has 0 unspecified atom stereocenters. The summed E-state index contributed by atoms with van der Waals surface area (Å²) in [6.07, 6.45) is 10.2. The van der Waals surface area contributed by atoms with Gasteiger partial charge in [0.2, 0.25) is 0 Å². The van der Waals surface area contributed by atoms with Crippen LogP contribution in [0.5, 0.6) is 0 Å². The molecule has 0 spiro atoms. The van der Waals surface area contributed by atoms with E-state index in [9.17, 15) is 5.11 Å². The zero-order valence-corrected chi connectivity index (χ0v) is 11.5. The molecule has 0 saturated carbocycles. The molecule has 0 aliphatic rings. The van der Waals surface area contributed by atoms with Crippen LogP contribution in [0, 0.1) is 0 Å². The third-order valence-corrected chi connectivity index (χ3v) is 3.01. The van der Waals surface area contributed by atoms with Gasteiger partial charge in [-0.25, -0.2) is 0 Å². The number of unbranched alkanes of at least 4 members (excludes halogenated alkanes) is 4. The zero-order chi connectivity index (χ0) is 12.2. The quantitative estimate of drug-likeness (QED) is 0.532. The van der Waals surface area contributed by atoms with E-state index in [1.807, 2.05) is 6.92 Å². The first-order valence-electron chi connectivity index (χ1n) is 7.12. The van der Waals surface area contributed by atoms with Gasteiger partial charge in [-0.05, 0) is 19.8 Å². The topological polar surface area (TPSA) is 32.3 Å². The largest absolute Gasteiger partial charge is 0.392 e. The molecule has 1 atom stereocenters. The molecule has 2 nitrogen and oxygen atoms in total. The third kappa shape index (κ3) is 10.4. The monoisotopic (exact) mass is 229 g/mol. The van der Waals surface area contributed by atoms with Crippen molar-refractivity contribution < 1.29 is 5.11 Å². The molecule has 0 aromatic carbocycles. The van der Waals surface area contributed by atoms with Gasteiger partial charge in [0.15, 0.2) is 0 Å². The van der Waals surface area contributed by atoms with Gasteiger partial charge in [-0.15, -0.1) is 0 Å². The first kappa shape index (κ1) is 15.9. The Morgan fingerprint density at radius 1 is 0.938 bits per heavy atom. The summed E-state index contributed by atoms with van der Waals surface area (Å²) in [7, 11) is 0. The number of aliphatic hydroxyl groups is 1. The summed E-state index contributed by atoms with van der Waals surface area (Å²) >= 11 is 0. The van der Waals surface area contributed by atoms with Crippen molar-refractivity contribution in [3.63, 3.8) is 0 Å². The van der Waals surface area contributed by atoms with Crippen molar-refractivity contribution in [2.45, 2.75) is 84.3 Å². The second-order valence-electron chi connectivity index (χ2n) is 4.95. The molecular weight excluding hydrogens is 198 g/mol. The normalized spacial score (nSPS) is 13.3. The van der Waals surface area contributed by atoms with E-state index in [0.29, 0.717) is 6.04 Å². The summed E-state index contributed by atoms with van der Waals surface area (Å²) in [6, 6.07) is 0.618. The van der Waals surface area contributed by atoms with Gasteiger partial charge in [0, 0.05) is 12.6 Å². The van der Waals surface area contributed by atoms with Crippen LogP contribution in [0.4, 0.5) is 0 Å². The Labute approximate surface area is 102 Å². The number of nitrogens with one attached hydrogen (secondary N) is 1. The van der Waals surface area contributed by atoms with E-state index < -0.39 is 0 Å². The summed E-state index contributed by atoms with van der Waals surface area (Å²) in [5.41, 5.74) is 0. The Morgan fingerprint density at radius 2 is 1.44 bits per heavy atom. The van der Waals surface area contributed by atoms with Gasteiger partial charge in [-0.3, -0.25) is 0 Å². The molecule has 0 aliphatic carbocycles. The highest BCUT2D eigenvalue weighted by Crippen LogP contribution is 2.10. The van der Waals surface area contributed by atoms with Gasteiger partial charge < -0.3 is 10.4 Å². The lowest BCUT2D eigenvalue weighted by atomic mass is 10.0. The van der Waals surface area contributed by atoms with Crippen LogP contribution < -0.4 is 5.32 Å². The molecule has 0 aromatic heterocycles. The maximum absolute atomic E-state index is 9.28. The van der Waals surface area contributed by atoms with E-state index >= 15 is 0 Å². The van der Waals surface area contributed by atoms with Crippen molar-refractivity contribution in [2.24, 2.45) is 0 Å². The van der Waals surface area contributed by atoms with Gasteiger partial charge in [0.05, 0.1) is 6.10 Å². The second kappa shape index (κ2) is 11.4. The predicted octanol–water partition coefficient (Wildman–Crippen LogP) is 3.49. The maximum atomic E-state index is 9.28. The molecule has 0 aromatic rings. The van der Waals surface area contributed by atoms with Crippen LogP contribution in [0.2, 0.25) is 0 Å². The molecule has 0 amide bonds. The minimum atomic E-state index is -0.222. The van der Waals surface area contributed by atoms with Crippen molar-refractivity contribution in [1.29, 1.82) is 0 Å². The minimum Gasteiger partial charge on any atom is -0.392 e. The van der Waals surface area contributed by atoms with E-state index in [0.717, 1.165) is 6.54 Å². The fourth-order valence-corrected chi connectivity index (χ4v) is 1.97. The van der Waals surface area contributed by atoms with Crippen LogP contribution in [0.3, 0.4) is 0 Å². The molecule has 98 valence electrons. The molecule has 0 fully saturated rings. The number of aliphatic hydroxyl groups excluding tert-OH is 1. The number of rotatable bonds is 11. The lowest BCUT2D eigenvalue weighted by molar-refractivity contribution is 0.183. The van der Waals surface area contributed by atoms with Crippen molar-refractivity contribution in [3.8, 4) is 0 Å². The van der Waals surface area contributed by atoms with E-state index in [4.69, 9.17) is 0 Å². The van der Waals surface area contributed by atoms with Crippen molar-refractivity contribution in [1.82, 2.24) is 5.32 Å². The molecule has 0 saturated heterocycles. The molecule has 0 aliphatic heterocycles. The molecule has 0 heterocycles. The highest BCUT2D eigenvalue weighted by atomic mass is 16.3. The molecule has 0 radical (unpaired) electrons. The Hall–Kier alpha value is -0.0800. The fraction of sp³-hybridized carbons (Fsp3) is 1.00. The first-order valence-corrected chi connectivity index (χ1v) is 7.12. The van der Waals surface area contributed by atoms with Gasteiger partial charge in [0.1, 0.15) is 0 Å². The summed E-state index contributed by atoms with van der Waals surface area (Å²) < 4.78 is 0. The highest BCUT2D eigenvalue weighted by Gasteiger charge is 2.08. The molecule has 2 N–H and O–H groups in total. The van der Waals surface area contributed by atoms with Crippen LogP contribution in [-0.2, 0) is 0 Å². The van der Waals surface area contributed by atoms with Crippen LogP contribution in [-0.4, -0.2) is 23.8 Å². The van der Waals surface area contributed by atoms with Crippen LogP contribution in [0.15, 0.2) is 0 Å². The van der Waals surface area contributed by atoms with Gasteiger partial charge in [-0.1, -0.05) is 52.4 Å². The molecule has 0 bridgehead atoms. The van der Waals surface area contributed by atoms with E-state index in [1.165, 1.54) is 51.4 Å². The van der Waals surface area contributed by atoms with Crippen molar-refractivity contribution in [3.05, 3.63) is 0 Å². The van der Waals surface area contributed by atoms with Gasteiger partial charge >= 0.3 is 0 Å². The van der Waals surface area contributed by atoms with Gasteiger partial charge in [0.25, 0.3) is 0 Å². The lowest BCUT2D eigenvalue weighted by Gasteiger charge is -2.19. The zero-order valence-electron chi connectivity index (χ0n) is 11.5. The Morgan fingerprint density at radius 3 is 1.81 bits per heavy atom. The van der Waals surface area contributed by atoms with Gasteiger partial charge in [-0.2, -0.15) is 0 Å². The van der Waals surface area contributed by atoms with Crippen LogP contribution >= 0.6 is 0 Å². The van der Waals surface area contributed by atoms with E-state index in [1.54, 1.807) is 0 Å². The Balaban J connectivity index is 3.67. The average Bonchev–Trinajstić information content (AvgIpc) is 2.25. The van der Waals surface area contributed by atoms with E-state index in [2.05, 4.69) is 19.2 Å². The Bertz CT molecular complexity index is 127. The molecule has 0 rings (SSSR count). The maximum Gasteiger partial charge on any atom is 0.0636 e. The molecule has 16 heavy (non-hydrogen) atoms. The first-order chi connectivity index (χ1) is 7.70. The second-order valence-corrected chi connectivity index (χ2v) is 4.95. The fourth-order valence-electron chi connectivity index (χ4n) is 1.97. The average molecular weight is 229 g/mol. The predicted molar refractivity (Wildman–Crippen MR) is 71.8 cm³/mol.